The van der Waals surface area contributed by atoms with Crippen LogP contribution in [0.3, 0.4) is 0 Å². The van der Waals surface area contributed by atoms with E-state index in [-0.39, 0.29) is 5.60 Å². The molecule has 0 aliphatic carbocycles. The van der Waals surface area contributed by atoms with Crippen LogP contribution in [0.5, 0.6) is 5.75 Å². The molecule has 3 aromatic rings. The molecule has 0 spiro atoms. The van der Waals surface area contributed by atoms with Gasteiger partial charge in [-0.25, -0.2) is 0 Å². The fourth-order valence-corrected chi connectivity index (χ4v) is 3.74. The van der Waals surface area contributed by atoms with Gasteiger partial charge in [0, 0.05) is 21.9 Å². The molecule has 1 atom stereocenters. The van der Waals surface area contributed by atoms with E-state index >= 15 is 0 Å². The number of aromatic amines is 1. The summed E-state index contributed by atoms with van der Waals surface area (Å²) in [6.45, 7) is 8.62. The number of hydrogen-bond acceptors (Lipinski definition) is 1. The van der Waals surface area contributed by atoms with Crippen LogP contribution in [0, 0.1) is 6.92 Å². The zero-order chi connectivity index (χ0) is 17.6. The van der Waals surface area contributed by atoms with Crippen LogP contribution in [-0.2, 0) is 0 Å². The lowest BCUT2D eigenvalue weighted by atomic mass is 9.92. The normalized spacial score (nSPS) is 19.0. The molecule has 0 bridgehead atoms. The van der Waals surface area contributed by atoms with Crippen molar-refractivity contribution in [2.24, 2.45) is 0 Å². The van der Waals surface area contributed by atoms with Crippen molar-refractivity contribution in [3.8, 4) is 5.75 Å². The van der Waals surface area contributed by atoms with Crippen LogP contribution in [-0.4, -0.2) is 10.6 Å². The number of nitrogens with one attached hydrogen (secondary N) is 1. The number of fused-ring (bicyclic) bond motifs is 5. The highest BCUT2D eigenvalue weighted by Crippen LogP contribution is 2.41. The van der Waals surface area contributed by atoms with Crippen molar-refractivity contribution in [1.29, 1.82) is 0 Å². The predicted molar refractivity (Wildman–Crippen MR) is 107 cm³/mol. The third kappa shape index (κ3) is 2.76. The Hall–Kier alpha value is -2.48. The van der Waals surface area contributed by atoms with Gasteiger partial charge in [-0.3, -0.25) is 0 Å². The first-order valence-corrected chi connectivity index (χ1v) is 9.02. The van der Waals surface area contributed by atoms with Gasteiger partial charge < -0.3 is 9.72 Å². The maximum atomic E-state index is 6.50. The number of ether oxygens (including phenoxy) is 1. The molecule has 1 aliphatic rings. The molecule has 0 amide bonds. The van der Waals surface area contributed by atoms with E-state index in [1.54, 1.807) is 0 Å². The summed E-state index contributed by atoms with van der Waals surface area (Å²) in [5, 5.41) is 2.54. The molecule has 2 nitrogen and oxygen atoms in total. The Morgan fingerprint density at radius 2 is 2.00 bits per heavy atom. The second-order valence-electron chi connectivity index (χ2n) is 7.60. The molecule has 2 heteroatoms. The van der Waals surface area contributed by atoms with E-state index in [4.69, 9.17) is 4.74 Å². The zero-order valence-corrected chi connectivity index (χ0v) is 15.4. The molecule has 128 valence electrons. The Labute approximate surface area is 149 Å². The topological polar surface area (TPSA) is 25.0 Å². The van der Waals surface area contributed by atoms with Crippen molar-refractivity contribution in [3.05, 3.63) is 59.2 Å². The van der Waals surface area contributed by atoms with Gasteiger partial charge in [-0.1, -0.05) is 29.8 Å². The van der Waals surface area contributed by atoms with Gasteiger partial charge in [0.05, 0.1) is 5.52 Å². The standard InChI is InChI=1S/C23H25NO/c1-15(2)8-7-12-23(4)13-11-18-21-19(14-16(3)22(18)25-23)17-9-5-6-10-20(17)24-21/h5-6,8-11,13-14,24H,7,12H2,1-4H3/t23-/m0/s1. The Kier molecular flexibility index (Phi) is 3.72. The first kappa shape index (κ1) is 16.0. The Morgan fingerprint density at radius 1 is 1.20 bits per heavy atom. The van der Waals surface area contributed by atoms with Gasteiger partial charge in [-0.15, -0.1) is 0 Å². The van der Waals surface area contributed by atoms with Crippen LogP contribution in [0.25, 0.3) is 27.9 Å². The number of aromatic nitrogens is 1. The molecule has 2 aromatic carbocycles. The Balaban J connectivity index is 1.80. The highest BCUT2D eigenvalue weighted by Gasteiger charge is 2.29. The summed E-state index contributed by atoms with van der Waals surface area (Å²) in [6, 6.07) is 10.7. The van der Waals surface area contributed by atoms with Crippen molar-refractivity contribution in [2.45, 2.75) is 46.1 Å². The average Bonchev–Trinajstić information content (AvgIpc) is 2.93. The molecule has 4 rings (SSSR count). The van der Waals surface area contributed by atoms with E-state index in [1.807, 2.05) is 0 Å². The molecule has 1 N–H and O–H groups in total. The second-order valence-corrected chi connectivity index (χ2v) is 7.60. The molecular weight excluding hydrogens is 306 g/mol. The van der Waals surface area contributed by atoms with Crippen molar-refractivity contribution >= 4 is 27.9 Å². The van der Waals surface area contributed by atoms with E-state index in [0.717, 1.165) is 18.6 Å². The largest absolute Gasteiger partial charge is 0.482 e. The van der Waals surface area contributed by atoms with Crippen molar-refractivity contribution in [3.63, 3.8) is 0 Å². The molecular formula is C23H25NO. The minimum atomic E-state index is -0.247. The van der Waals surface area contributed by atoms with E-state index in [0.29, 0.717) is 0 Å². The van der Waals surface area contributed by atoms with E-state index in [9.17, 15) is 0 Å². The first-order valence-electron chi connectivity index (χ1n) is 9.02. The van der Waals surface area contributed by atoms with Crippen LogP contribution < -0.4 is 4.74 Å². The lowest BCUT2D eigenvalue weighted by Gasteiger charge is -2.32. The predicted octanol–water partition coefficient (Wildman–Crippen LogP) is 6.54. The van der Waals surface area contributed by atoms with Crippen LogP contribution in [0.1, 0.15) is 44.7 Å². The molecule has 0 saturated heterocycles. The molecule has 0 saturated carbocycles. The molecule has 0 fully saturated rings. The van der Waals surface area contributed by atoms with E-state index in [2.05, 4.69) is 81.2 Å². The number of aryl methyl sites for hydroxylation is 1. The molecule has 2 heterocycles. The minimum absolute atomic E-state index is 0.247. The third-order valence-electron chi connectivity index (χ3n) is 5.11. The van der Waals surface area contributed by atoms with Gasteiger partial charge in [0.25, 0.3) is 0 Å². The van der Waals surface area contributed by atoms with Gasteiger partial charge in [-0.05, 0) is 70.4 Å². The van der Waals surface area contributed by atoms with Gasteiger partial charge in [0.15, 0.2) is 0 Å². The molecule has 25 heavy (non-hydrogen) atoms. The summed E-state index contributed by atoms with van der Waals surface area (Å²) in [5.41, 5.74) is 5.83. The molecule has 1 aromatic heterocycles. The van der Waals surface area contributed by atoms with Crippen LogP contribution >= 0.6 is 0 Å². The summed E-state index contributed by atoms with van der Waals surface area (Å²) in [5.74, 6) is 1.02. The first-order chi connectivity index (χ1) is 12.0. The van der Waals surface area contributed by atoms with Crippen molar-refractivity contribution in [2.75, 3.05) is 0 Å². The maximum absolute atomic E-state index is 6.50. The maximum Gasteiger partial charge on any atom is 0.132 e. The summed E-state index contributed by atoms with van der Waals surface area (Å²) in [6.07, 6.45) is 8.76. The summed E-state index contributed by atoms with van der Waals surface area (Å²) in [4.78, 5) is 3.58. The second kappa shape index (κ2) is 5.80. The van der Waals surface area contributed by atoms with Gasteiger partial charge in [-0.2, -0.15) is 0 Å². The number of rotatable bonds is 3. The molecule has 0 radical (unpaired) electrons. The highest BCUT2D eigenvalue weighted by atomic mass is 16.5. The lowest BCUT2D eigenvalue weighted by molar-refractivity contribution is 0.128. The van der Waals surface area contributed by atoms with Gasteiger partial charge >= 0.3 is 0 Å². The average molecular weight is 331 g/mol. The molecule has 0 unspecified atom stereocenters. The quantitative estimate of drug-likeness (QED) is 0.541. The SMILES string of the molecule is CC(C)=CCC[C@@]1(C)C=Cc2c(c(C)cc3c2[nH]c2ccccc23)O1. The lowest BCUT2D eigenvalue weighted by Crippen LogP contribution is -2.32. The van der Waals surface area contributed by atoms with E-state index < -0.39 is 0 Å². The summed E-state index contributed by atoms with van der Waals surface area (Å²) in [7, 11) is 0. The number of hydrogen-bond donors (Lipinski definition) is 1. The summed E-state index contributed by atoms with van der Waals surface area (Å²) < 4.78 is 6.50. The fourth-order valence-electron chi connectivity index (χ4n) is 3.74. The van der Waals surface area contributed by atoms with Gasteiger partial charge in [0.1, 0.15) is 11.4 Å². The number of allylic oxidation sites excluding steroid dienone is 2. The van der Waals surface area contributed by atoms with Crippen molar-refractivity contribution in [1.82, 2.24) is 4.98 Å². The monoisotopic (exact) mass is 331 g/mol. The fraction of sp³-hybridized carbons (Fsp3) is 0.304. The van der Waals surface area contributed by atoms with E-state index in [1.165, 1.54) is 38.5 Å². The number of H-pyrrole nitrogens is 1. The van der Waals surface area contributed by atoms with Gasteiger partial charge in [0.2, 0.25) is 0 Å². The smallest absolute Gasteiger partial charge is 0.132 e. The van der Waals surface area contributed by atoms with Crippen molar-refractivity contribution < 1.29 is 4.74 Å². The number of para-hydroxylation sites is 1. The molecule has 1 aliphatic heterocycles. The third-order valence-corrected chi connectivity index (χ3v) is 5.11. The Bertz CT molecular complexity index is 1020. The Morgan fingerprint density at radius 3 is 2.80 bits per heavy atom. The summed E-state index contributed by atoms with van der Waals surface area (Å²) >= 11 is 0. The number of benzene rings is 2. The zero-order valence-electron chi connectivity index (χ0n) is 15.4. The minimum Gasteiger partial charge on any atom is -0.482 e. The highest BCUT2D eigenvalue weighted by molar-refractivity contribution is 6.11. The van der Waals surface area contributed by atoms with Crippen LogP contribution in [0.4, 0.5) is 0 Å². The van der Waals surface area contributed by atoms with Crippen LogP contribution in [0.2, 0.25) is 0 Å². The van der Waals surface area contributed by atoms with Crippen LogP contribution in [0.15, 0.2) is 48.1 Å².